The number of benzene rings is 2. The zero-order valence-corrected chi connectivity index (χ0v) is 10.3. The highest BCUT2D eigenvalue weighted by atomic mass is 16.1. The standard InChI is InChI=1S/C16H15NO/c1-12-13(8-5-9-15(12)17)10-11-16(18)14-6-3-2-4-7-14/h2-11H,17H2,1H3. The number of nitrogen functional groups attached to an aromatic ring is 1. The fraction of sp³-hybridized carbons (Fsp3) is 0.0625. The van der Waals surface area contributed by atoms with Gasteiger partial charge in [-0.05, 0) is 30.2 Å². The number of rotatable bonds is 3. The monoisotopic (exact) mass is 237 g/mol. The molecule has 18 heavy (non-hydrogen) atoms. The van der Waals surface area contributed by atoms with Crippen LogP contribution in [0.5, 0.6) is 0 Å². The van der Waals surface area contributed by atoms with E-state index >= 15 is 0 Å². The molecule has 2 aromatic rings. The Morgan fingerprint density at radius 1 is 1.06 bits per heavy atom. The number of anilines is 1. The van der Waals surface area contributed by atoms with E-state index in [4.69, 9.17) is 5.73 Å². The lowest BCUT2D eigenvalue weighted by Gasteiger charge is -2.03. The molecule has 0 atom stereocenters. The highest BCUT2D eigenvalue weighted by molar-refractivity contribution is 6.06. The Balaban J connectivity index is 2.22. The first kappa shape index (κ1) is 12.1. The minimum atomic E-state index is -0.00238. The third-order valence-electron chi connectivity index (χ3n) is 2.89. The molecule has 2 nitrogen and oxygen atoms in total. The highest BCUT2D eigenvalue weighted by Gasteiger charge is 2.01. The SMILES string of the molecule is Cc1c(N)cccc1C=CC(=O)c1ccccc1. The van der Waals surface area contributed by atoms with Crippen LogP contribution in [-0.2, 0) is 0 Å². The lowest BCUT2D eigenvalue weighted by atomic mass is 10.0. The average molecular weight is 237 g/mol. The smallest absolute Gasteiger partial charge is 0.185 e. The van der Waals surface area contributed by atoms with E-state index in [0.29, 0.717) is 5.56 Å². The summed E-state index contributed by atoms with van der Waals surface area (Å²) in [6, 6.07) is 14.9. The molecule has 2 heteroatoms. The summed E-state index contributed by atoms with van der Waals surface area (Å²) in [7, 11) is 0. The lowest BCUT2D eigenvalue weighted by molar-refractivity contribution is 0.104. The zero-order chi connectivity index (χ0) is 13.0. The molecule has 0 saturated carbocycles. The van der Waals surface area contributed by atoms with Gasteiger partial charge in [-0.25, -0.2) is 0 Å². The summed E-state index contributed by atoms with van der Waals surface area (Å²) in [6.45, 7) is 1.95. The topological polar surface area (TPSA) is 43.1 Å². The normalized spacial score (nSPS) is 10.7. The van der Waals surface area contributed by atoms with Crippen molar-refractivity contribution in [3.8, 4) is 0 Å². The van der Waals surface area contributed by atoms with Crippen molar-refractivity contribution in [3.63, 3.8) is 0 Å². The van der Waals surface area contributed by atoms with Crippen molar-refractivity contribution in [1.29, 1.82) is 0 Å². The molecule has 0 fully saturated rings. The van der Waals surface area contributed by atoms with E-state index < -0.39 is 0 Å². The number of hydrogen-bond donors (Lipinski definition) is 1. The molecule has 0 heterocycles. The Kier molecular flexibility index (Phi) is 3.58. The first-order valence-corrected chi connectivity index (χ1v) is 5.81. The number of ketones is 1. The van der Waals surface area contributed by atoms with Gasteiger partial charge in [-0.1, -0.05) is 48.5 Å². The van der Waals surface area contributed by atoms with Gasteiger partial charge in [-0.2, -0.15) is 0 Å². The predicted octanol–water partition coefficient (Wildman–Crippen LogP) is 3.47. The number of hydrogen-bond acceptors (Lipinski definition) is 2. The molecular weight excluding hydrogens is 222 g/mol. The van der Waals surface area contributed by atoms with Crippen molar-refractivity contribution >= 4 is 17.5 Å². The molecule has 0 aliphatic heterocycles. The van der Waals surface area contributed by atoms with Crippen LogP contribution in [0.15, 0.2) is 54.6 Å². The van der Waals surface area contributed by atoms with Crippen LogP contribution >= 0.6 is 0 Å². The van der Waals surface area contributed by atoms with Gasteiger partial charge in [0.05, 0.1) is 0 Å². The number of allylic oxidation sites excluding steroid dienone is 1. The average Bonchev–Trinajstić information content (AvgIpc) is 2.41. The summed E-state index contributed by atoms with van der Waals surface area (Å²) in [5.41, 5.74) is 9.22. The molecule has 0 unspecified atom stereocenters. The Hall–Kier alpha value is -2.35. The minimum absolute atomic E-state index is 0.00238. The van der Waals surface area contributed by atoms with Crippen LogP contribution in [-0.4, -0.2) is 5.78 Å². The molecule has 2 N–H and O–H groups in total. The van der Waals surface area contributed by atoms with E-state index in [1.807, 2.05) is 43.3 Å². The van der Waals surface area contributed by atoms with Crippen LogP contribution in [0.3, 0.4) is 0 Å². The van der Waals surface area contributed by atoms with Gasteiger partial charge in [0.2, 0.25) is 0 Å². The van der Waals surface area contributed by atoms with Gasteiger partial charge in [0.1, 0.15) is 0 Å². The van der Waals surface area contributed by atoms with Crippen molar-refractivity contribution in [2.24, 2.45) is 0 Å². The maximum Gasteiger partial charge on any atom is 0.185 e. The summed E-state index contributed by atoms with van der Waals surface area (Å²) in [4.78, 5) is 11.9. The van der Waals surface area contributed by atoms with Crippen molar-refractivity contribution in [2.45, 2.75) is 6.92 Å². The third kappa shape index (κ3) is 2.66. The molecule has 0 bridgehead atoms. The van der Waals surface area contributed by atoms with E-state index in [-0.39, 0.29) is 5.78 Å². The maximum absolute atomic E-state index is 11.9. The predicted molar refractivity (Wildman–Crippen MR) is 75.4 cm³/mol. The van der Waals surface area contributed by atoms with Crippen LogP contribution in [0.1, 0.15) is 21.5 Å². The first-order valence-electron chi connectivity index (χ1n) is 5.81. The van der Waals surface area contributed by atoms with E-state index in [9.17, 15) is 4.79 Å². The van der Waals surface area contributed by atoms with Crippen LogP contribution in [0.25, 0.3) is 6.08 Å². The molecule has 2 rings (SSSR count). The van der Waals surface area contributed by atoms with Crippen molar-refractivity contribution in [1.82, 2.24) is 0 Å². The van der Waals surface area contributed by atoms with Crippen LogP contribution in [0.4, 0.5) is 5.69 Å². The lowest BCUT2D eigenvalue weighted by Crippen LogP contribution is -1.94. The van der Waals surface area contributed by atoms with Crippen LogP contribution < -0.4 is 5.73 Å². The molecular formula is C16H15NO. The van der Waals surface area contributed by atoms with Crippen molar-refractivity contribution in [3.05, 3.63) is 71.3 Å². The summed E-state index contributed by atoms with van der Waals surface area (Å²) < 4.78 is 0. The molecule has 0 amide bonds. The molecule has 0 radical (unpaired) electrons. The molecule has 0 aliphatic rings. The van der Waals surface area contributed by atoms with Crippen LogP contribution in [0, 0.1) is 6.92 Å². The molecule has 90 valence electrons. The quantitative estimate of drug-likeness (QED) is 0.504. The molecule has 0 aliphatic carbocycles. The fourth-order valence-corrected chi connectivity index (χ4v) is 1.72. The third-order valence-corrected chi connectivity index (χ3v) is 2.89. The molecule has 0 saturated heterocycles. The Morgan fingerprint density at radius 3 is 2.50 bits per heavy atom. The van der Waals surface area contributed by atoms with E-state index in [0.717, 1.165) is 16.8 Å². The molecule has 0 spiro atoms. The van der Waals surface area contributed by atoms with E-state index in [1.54, 1.807) is 24.3 Å². The largest absolute Gasteiger partial charge is 0.398 e. The van der Waals surface area contributed by atoms with Gasteiger partial charge in [0.25, 0.3) is 0 Å². The summed E-state index contributed by atoms with van der Waals surface area (Å²) in [5.74, 6) is -0.00238. The van der Waals surface area contributed by atoms with Crippen LogP contribution in [0.2, 0.25) is 0 Å². The highest BCUT2D eigenvalue weighted by Crippen LogP contribution is 2.17. The number of nitrogens with two attached hydrogens (primary N) is 1. The van der Waals surface area contributed by atoms with Crippen molar-refractivity contribution in [2.75, 3.05) is 5.73 Å². The second-order valence-electron chi connectivity index (χ2n) is 4.13. The zero-order valence-electron chi connectivity index (χ0n) is 10.3. The summed E-state index contributed by atoms with van der Waals surface area (Å²) >= 11 is 0. The summed E-state index contributed by atoms with van der Waals surface area (Å²) in [5, 5.41) is 0. The van der Waals surface area contributed by atoms with Gasteiger partial charge >= 0.3 is 0 Å². The molecule has 2 aromatic carbocycles. The Bertz CT molecular complexity index is 585. The molecule has 0 aromatic heterocycles. The second kappa shape index (κ2) is 5.32. The Morgan fingerprint density at radius 2 is 1.78 bits per heavy atom. The summed E-state index contributed by atoms with van der Waals surface area (Å²) in [6.07, 6.45) is 3.39. The van der Waals surface area contributed by atoms with E-state index in [1.165, 1.54) is 0 Å². The van der Waals surface area contributed by atoms with Gasteiger partial charge in [-0.15, -0.1) is 0 Å². The number of carbonyl (C=O) groups excluding carboxylic acids is 1. The first-order chi connectivity index (χ1) is 8.68. The fourth-order valence-electron chi connectivity index (χ4n) is 1.72. The number of carbonyl (C=O) groups is 1. The van der Waals surface area contributed by atoms with Gasteiger partial charge in [-0.3, -0.25) is 4.79 Å². The van der Waals surface area contributed by atoms with Gasteiger partial charge < -0.3 is 5.73 Å². The van der Waals surface area contributed by atoms with Crippen molar-refractivity contribution < 1.29 is 4.79 Å². The van der Waals surface area contributed by atoms with E-state index in [2.05, 4.69) is 0 Å². The van der Waals surface area contributed by atoms with Gasteiger partial charge in [0, 0.05) is 11.3 Å². The second-order valence-corrected chi connectivity index (χ2v) is 4.13. The Labute approximate surface area is 107 Å². The van der Waals surface area contributed by atoms with Gasteiger partial charge in [0.15, 0.2) is 5.78 Å². The maximum atomic E-state index is 11.9. The minimum Gasteiger partial charge on any atom is -0.398 e.